The third-order valence-electron chi connectivity index (χ3n) is 9.10. The summed E-state index contributed by atoms with van der Waals surface area (Å²) < 4.78 is 4.55. The first-order valence-corrected chi connectivity index (χ1v) is 15.9. The molecule has 6 aromatic carbocycles. The summed E-state index contributed by atoms with van der Waals surface area (Å²) in [5.74, 6) is 1.78. The molecular weight excluding hydrogens is 591 g/mol. The quantitative estimate of drug-likeness (QED) is 0.197. The lowest BCUT2D eigenvalue weighted by Crippen LogP contribution is -2.07. The molecule has 10 aromatic rings. The van der Waals surface area contributed by atoms with E-state index < -0.39 is 0 Å². The van der Waals surface area contributed by atoms with Crippen LogP contribution < -0.4 is 0 Å². The van der Waals surface area contributed by atoms with Gasteiger partial charge in [0, 0.05) is 49.9 Å². The second kappa shape index (κ2) is 10.4. The van der Waals surface area contributed by atoms with Crippen molar-refractivity contribution in [1.82, 2.24) is 34.1 Å². The second-order valence-corrected chi connectivity index (χ2v) is 11.8. The zero-order valence-electron chi connectivity index (χ0n) is 25.6. The molecule has 0 fully saturated rings. The van der Waals surface area contributed by atoms with Crippen molar-refractivity contribution in [2.45, 2.75) is 0 Å². The molecule has 0 aliphatic heterocycles. The Balaban J connectivity index is 1.42. The zero-order valence-corrected chi connectivity index (χ0v) is 25.6. The molecule has 0 N–H and O–H groups in total. The smallest absolute Gasteiger partial charge is 0.238 e. The van der Waals surface area contributed by atoms with E-state index in [0.717, 1.165) is 71.3 Å². The summed E-state index contributed by atoms with van der Waals surface area (Å²) >= 11 is 0. The molecule has 4 aromatic heterocycles. The van der Waals surface area contributed by atoms with Gasteiger partial charge in [-0.25, -0.2) is 15.0 Å². The molecule has 0 unspecified atom stereocenters. The van der Waals surface area contributed by atoms with Crippen LogP contribution in [-0.2, 0) is 0 Å². The summed E-state index contributed by atoms with van der Waals surface area (Å²) in [4.78, 5) is 24.5. The van der Waals surface area contributed by atoms with Gasteiger partial charge in [0.15, 0.2) is 11.6 Å². The number of hydrogen-bond acceptors (Lipinski definition) is 5. The van der Waals surface area contributed by atoms with Crippen molar-refractivity contribution in [3.05, 3.63) is 152 Å². The first-order chi connectivity index (χ1) is 23.8. The predicted molar refractivity (Wildman–Crippen MR) is 192 cm³/mol. The Labute approximate surface area is 274 Å². The fourth-order valence-corrected chi connectivity index (χ4v) is 7.02. The van der Waals surface area contributed by atoms with Gasteiger partial charge in [0.1, 0.15) is 6.33 Å². The van der Waals surface area contributed by atoms with Crippen LogP contribution in [0.4, 0.5) is 0 Å². The van der Waals surface area contributed by atoms with Crippen molar-refractivity contribution >= 4 is 54.5 Å². The average molecular weight is 616 g/mol. The van der Waals surface area contributed by atoms with Gasteiger partial charge in [0.2, 0.25) is 5.95 Å². The second-order valence-electron chi connectivity index (χ2n) is 11.8. The van der Waals surface area contributed by atoms with Gasteiger partial charge in [0.25, 0.3) is 0 Å². The van der Waals surface area contributed by atoms with Crippen LogP contribution in [0.1, 0.15) is 0 Å². The summed E-state index contributed by atoms with van der Waals surface area (Å²) in [5, 5.41) is 5.45. The van der Waals surface area contributed by atoms with E-state index in [-0.39, 0.29) is 0 Å². The van der Waals surface area contributed by atoms with Gasteiger partial charge in [-0.2, -0.15) is 9.97 Å². The number of rotatable bonds is 4. The van der Waals surface area contributed by atoms with Crippen LogP contribution in [0.15, 0.2) is 152 Å². The molecule has 4 heterocycles. The van der Waals surface area contributed by atoms with Gasteiger partial charge in [-0.3, -0.25) is 4.57 Å². The lowest BCUT2D eigenvalue weighted by atomic mass is 10.1. The van der Waals surface area contributed by atoms with Gasteiger partial charge in [-0.1, -0.05) is 121 Å². The van der Waals surface area contributed by atoms with E-state index in [4.69, 9.17) is 19.9 Å². The number of aromatic nitrogens is 7. The first-order valence-electron chi connectivity index (χ1n) is 15.9. The number of para-hydroxylation sites is 2. The highest BCUT2D eigenvalue weighted by Crippen LogP contribution is 2.42. The standard InChI is InChI=1S/C41H25N7/c1-4-12-26(13-5-1)39-44-40(27-14-6-2-7-15-27)46-41(45-39)48-34-19-11-10-18-30(34)31-22-23-33-32-21-20-28-24-42-25-43-35(28)36(32)47(37(33)38(31)48)29-16-8-3-9-17-29/h1-25H. The van der Waals surface area contributed by atoms with E-state index in [1.807, 2.05) is 72.9 Å². The van der Waals surface area contributed by atoms with Crippen molar-refractivity contribution in [3.8, 4) is 34.4 Å². The van der Waals surface area contributed by atoms with Crippen LogP contribution in [0, 0.1) is 0 Å². The summed E-state index contributed by atoms with van der Waals surface area (Å²) in [5.41, 5.74) is 7.91. The molecule has 0 bridgehead atoms. The minimum absolute atomic E-state index is 0.554. The SMILES string of the molecule is c1ccc(-c2nc(-c3ccccc3)nc(-n3c4ccccc4c4ccc5c6ccc7cncnc7c6n(-c6ccccc6)c5c43)n2)cc1. The lowest BCUT2D eigenvalue weighted by molar-refractivity contribution is 0.953. The summed E-state index contributed by atoms with van der Waals surface area (Å²) in [6.07, 6.45) is 3.50. The molecule has 0 saturated carbocycles. The van der Waals surface area contributed by atoms with E-state index in [2.05, 4.69) is 86.9 Å². The predicted octanol–water partition coefficient (Wildman–Crippen LogP) is 9.34. The van der Waals surface area contributed by atoms with Gasteiger partial charge in [0.05, 0.1) is 27.6 Å². The topological polar surface area (TPSA) is 74.3 Å². The fourth-order valence-electron chi connectivity index (χ4n) is 7.02. The van der Waals surface area contributed by atoms with Crippen molar-refractivity contribution in [1.29, 1.82) is 0 Å². The van der Waals surface area contributed by atoms with Crippen molar-refractivity contribution in [2.75, 3.05) is 0 Å². The number of benzene rings is 6. The van der Waals surface area contributed by atoms with E-state index in [9.17, 15) is 0 Å². The van der Waals surface area contributed by atoms with Crippen molar-refractivity contribution < 1.29 is 0 Å². The Kier molecular flexibility index (Phi) is 5.74. The summed E-state index contributed by atoms with van der Waals surface area (Å²) in [6, 6.07) is 48.0. The molecule has 7 nitrogen and oxygen atoms in total. The van der Waals surface area contributed by atoms with Gasteiger partial charge < -0.3 is 4.57 Å². The Morgan fingerprint density at radius 2 is 1.00 bits per heavy atom. The van der Waals surface area contributed by atoms with E-state index in [1.54, 1.807) is 6.33 Å². The molecule has 0 spiro atoms. The fraction of sp³-hybridized carbons (Fsp3) is 0. The van der Waals surface area contributed by atoms with Crippen molar-refractivity contribution in [2.24, 2.45) is 0 Å². The molecule has 7 heteroatoms. The Bertz CT molecular complexity index is 2760. The monoisotopic (exact) mass is 615 g/mol. The molecule has 0 aliphatic carbocycles. The lowest BCUT2D eigenvalue weighted by Gasteiger charge is -2.13. The number of hydrogen-bond donors (Lipinski definition) is 0. The molecule has 0 radical (unpaired) electrons. The van der Waals surface area contributed by atoms with Crippen LogP contribution in [-0.4, -0.2) is 34.1 Å². The molecule has 224 valence electrons. The Hall–Kier alpha value is -6.73. The minimum Gasteiger partial charge on any atom is -0.305 e. The molecular formula is C41H25N7. The van der Waals surface area contributed by atoms with E-state index in [0.29, 0.717) is 17.6 Å². The third-order valence-corrected chi connectivity index (χ3v) is 9.10. The molecule has 0 aliphatic rings. The third kappa shape index (κ3) is 3.91. The number of nitrogens with zero attached hydrogens (tertiary/aromatic N) is 7. The highest BCUT2D eigenvalue weighted by Gasteiger charge is 2.24. The minimum atomic E-state index is 0.554. The maximum Gasteiger partial charge on any atom is 0.238 e. The number of fused-ring (bicyclic) bond motifs is 9. The average Bonchev–Trinajstić information content (AvgIpc) is 3.69. The summed E-state index contributed by atoms with van der Waals surface area (Å²) in [6.45, 7) is 0. The van der Waals surface area contributed by atoms with Crippen LogP contribution in [0.3, 0.4) is 0 Å². The van der Waals surface area contributed by atoms with Gasteiger partial charge >= 0.3 is 0 Å². The van der Waals surface area contributed by atoms with Crippen LogP contribution in [0.2, 0.25) is 0 Å². The van der Waals surface area contributed by atoms with Gasteiger partial charge in [-0.05, 0) is 18.2 Å². The zero-order chi connectivity index (χ0) is 31.6. The van der Waals surface area contributed by atoms with Crippen molar-refractivity contribution in [3.63, 3.8) is 0 Å². The highest BCUT2D eigenvalue weighted by atomic mass is 15.2. The molecule has 0 saturated heterocycles. The van der Waals surface area contributed by atoms with Crippen LogP contribution in [0.5, 0.6) is 0 Å². The Morgan fingerprint density at radius 3 is 1.71 bits per heavy atom. The molecule has 0 amide bonds. The largest absolute Gasteiger partial charge is 0.305 e. The summed E-state index contributed by atoms with van der Waals surface area (Å²) in [7, 11) is 0. The first kappa shape index (κ1) is 26.5. The molecule has 10 rings (SSSR count). The highest BCUT2D eigenvalue weighted by molar-refractivity contribution is 6.26. The van der Waals surface area contributed by atoms with Crippen LogP contribution >= 0.6 is 0 Å². The molecule has 0 atom stereocenters. The van der Waals surface area contributed by atoms with Crippen LogP contribution in [0.25, 0.3) is 88.9 Å². The Morgan fingerprint density at radius 1 is 0.438 bits per heavy atom. The van der Waals surface area contributed by atoms with E-state index >= 15 is 0 Å². The maximum atomic E-state index is 5.20. The van der Waals surface area contributed by atoms with Gasteiger partial charge in [-0.15, -0.1) is 0 Å². The molecule has 48 heavy (non-hydrogen) atoms. The van der Waals surface area contributed by atoms with E-state index in [1.165, 1.54) is 0 Å². The normalized spacial score (nSPS) is 11.8. The maximum absolute atomic E-state index is 5.20.